The zero-order valence-corrected chi connectivity index (χ0v) is 8.14. The van der Waals surface area contributed by atoms with E-state index in [0.29, 0.717) is 17.0 Å². The van der Waals surface area contributed by atoms with Gasteiger partial charge in [0.25, 0.3) is 0 Å². The van der Waals surface area contributed by atoms with Crippen LogP contribution in [0, 0.1) is 0 Å². The van der Waals surface area contributed by atoms with Crippen molar-refractivity contribution >= 4 is 17.4 Å². The molecule has 0 atom stereocenters. The van der Waals surface area contributed by atoms with Crippen LogP contribution in [0.3, 0.4) is 0 Å². The average molecular weight is 199 g/mol. The van der Waals surface area contributed by atoms with E-state index in [4.69, 9.17) is 16.7 Å². The summed E-state index contributed by atoms with van der Waals surface area (Å²) < 4.78 is 0. The van der Waals surface area contributed by atoms with E-state index < -0.39 is 0 Å². The van der Waals surface area contributed by atoms with Crippen LogP contribution in [-0.4, -0.2) is 10.9 Å². The lowest BCUT2D eigenvalue weighted by atomic mass is 10.1. The molecular formula is C10H11ClO2. The van der Waals surface area contributed by atoms with Gasteiger partial charge in [0.2, 0.25) is 0 Å². The Kier molecular flexibility index (Phi) is 3.46. The summed E-state index contributed by atoms with van der Waals surface area (Å²) in [5.74, 6) is 0.0227. The Morgan fingerprint density at radius 2 is 2.23 bits per heavy atom. The molecule has 13 heavy (non-hydrogen) atoms. The van der Waals surface area contributed by atoms with Gasteiger partial charge in [-0.1, -0.05) is 24.6 Å². The first-order chi connectivity index (χ1) is 6.19. The lowest BCUT2D eigenvalue weighted by Crippen LogP contribution is -1.98. The summed E-state index contributed by atoms with van der Waals surface area (Å²) in [6.45, 7) is 1.74. The van der Waals surface area contributed by atoms with Crippen molar-refractivity contribution in [3.05, 3.63) is 34.3 Å². The second-order valence-corrected chi connectivity index (χ2v) is 3.16. The molecule has 1 N–H and O–H groups in total. The number of ketones is 1. The molecule has 2 nitrogen and oxygen atoms in total. The number of rotatable bonds is 3. The maximum Gasteiger partial charge on any atom is 0.164 e. The molecule has 0 aliphatic heterocycles. The highest BCUT2D eigenvalue weighted by atomic mass is 35.5. The van der Waals surface area contributed by atoms with Gasteiger partial charge in [0.05, 0.1) is 11.6 Å². The van der Waals surface area contributed by atoms with Crippen LogP contribution in [0.5, 0.6) is 0 Å². The number of benzene rings is 1. The average Bonchev–Trinajstić information content (AvgIpc) is 2.16. The second kappa shape index (κ2) is 4.40. The Morgan fingerprint density at radius 3 is 2.69 bits per heavy atom. The molecule has 0 saturated carbocycles. The summed E-state index contributed by atoms with van der Waals surface area (Å²) in [5, 5.41) is 9.22. The van der Waals surface area contributed by atoms with Crippen LogP contribution in [0.4, 0.5) is 0 Å². The van der Waals surface area contributed by atoms with Crippen LogP contribution < -0.4 is 0 Å². The molecular weight excluding hydrogens is 188 g/mol. The number of aliphatic hydroxyl groups excluding tert-OH is 1. The van der Waals surface area contributed by atoms with Gasteiger partial charge < -0.3 is 5.11 Å². The number of hydrogen-bond donors (Lipinski definition) is 1. The number of aliphatic hydroxyl groups is 1. The Balaban J connectivity index is 3.05. The third-order valence-corrected chi connectivity index (χ3v) is 2.15. The molecule has 0 aliphatic carbocycles. The highest BCUT2D eigenvalue weighted by Gasteiger charge is 2.07. The van der Waals surface area contributed by atoms with Crippen LogP contribution in [0.15, 0.2) is 18.2 Å². The van der Waals surface area contributed by atoms with Crippen molar-refractivity contribution in [2.45, 2.75) is 20.0 Å². The van der Waals surface area contributed by atoms with Gasteiger partial charge in [-0.3, -0.25) is 4.79 Å². The van der Waals surface area contributed by atoms with E-state index in [2.05, 4.69) is 0 Å². The van der Waals surface area contributed by atoms with Crippen molar-refractivity contribution in [2.24, 2.45) is 0 Å². The van der Waals surface area contributed by atoms with Crippen LogP contribution >= 0.6 is 11.6 Å². The third-order valence-electron chi connectivity index (χ3n) is 1.84. The third kappa shape index (κ3) is 2.29. The van der Waals surface area contributed by atoms with Crippen LogP contribution in [0.1, 0.15) is 29.3 Å². The van der Waals surface area contributed by atoms with Crippen LogP contribution in [0.2, 0.25) is 5.02 Å². The van der Waals surface area contributed by atoms with Crippen molar-refractivity contribution in [2.75, 3.05) is 0 Å². The van der Waals surface area contributed by atoms with Crippen molar-refractivity contribution < 1.29 is 9.90 Å². The molecule has 0 saturated heterocycles. The van der Waals surface area contributed by atoms with Crippen LogP contribution in [0.25, 0.3) is 0 Å². The molecule has 0 bridgehead atoms. The van der Waals surface area contributed by atoms with E-state index in [0.717, 1.165) is 5.56 Å². The number of Topliss-reactive ketones (excluding diaryl/α,β-unsaturated/α-hetero) is 1. The maximum atomic E-state index is 11.3. The molecule has 0 fully saturated rings. The molecule has 0 aliphatic rings. The van der Waals surface area contributed by atoms with Gasteiger partial charge in [-0.05, 0) is 17.7 Å². The standard InChI is InChI=1S/C10H11ClO2/c1-2-10(13)8-4-3-7(6-12)5-9(8)11/h3-5,12H,2,6H2,1H3. The van der Waals surface area contributed by atoms with E-state index >= 15 is 0 Å². The summed E-state index contributed by atoms with van der Waals surface area (Å²) in [7, 11) is 0. The van der Waals surface area contributed by atoms with E-state index in [9.17, 15) is 4.79 Å². The SMILES string of the molecule is CCC(=O)c1ccc(CO)cc1Cl. The molecule has 3 heteroatoms. The van der Waals surface area contributed by atoms with E-state index in [1.165, 1.54) is 0 Å². The molecule has 1 aromatic carbocycles. The molecule has 70 valence electrons. The number of carbonyl (C=O) groups excluding carboxylic acids is 1. The van der Waals surface area contributed by atoms with Gasteiger partial charge in [-0.15, -0.1) is 0 Å². The molecule has 0 heterocycles. The summed E-state index contributed by atoms with van der Waals surface area (Å²) in [6.07, 6.45) is 0.443. The fraction of sp³-hybridized carbons (Fsp3) is 0.300. The fourth-order valence-corrected chi connectivity index (χ4v) is 1.38. The van der Waals surface area contributed by atoms with Gasteiger partial charge >= 0.3 is 0 Å². The summed E-state index contributed by atoms with van der Waals surface area (Å²) in [5.41, 5.74) is 1.25. The second-order valence-electron chi connectivity index (χ2n) is 2.75. The highest BCUT2D eigenvalue weighted by molar-refractivity contribution is 6.34. The minimum Gasteiger partial charge on any atom is -0.392 e. The van der Waals surface area contributed by atoms with Crippen molar-refractivity contribution in [1.82, 2.24) is 0 Å². The molecule has 0 amide bonds. The van der Waals surface area contributed by atoms with Crippen molar-refractivity contribution in [3.63, 3.8) is 0 Å². The molecule has 0 aromatic heterocycles. The first-order valence-corrected chi connectivity index (χ1v) is 4.49. The fourth-order valence-electron chi connectivity index (χ4n) is 1.07. The van der Waals surface area contributed by atoms with E-state index in [1.807, 2.05) is 0 Å². The molecule has 1 rings (SSSR count). The zero-order chi connectivity index (χ0) is 9.84. The normalized spacial score (nSPS) is 10.1. The smallest absolute Gasteiger partial charge is 0.164 e. The lowest BCUT2D eigenvalue weighted by Gasteiger charge is -2.02. The summed E-state index contributed by atoms with van der Waals surface area (Å²) >= 11 is 5.85. The van der Waals surface area contributed by atoms with Gasteiger partial charge in [-0.25, -0.2) is 0 Å². The van der Waals surface area contributed by atoms with Crippen molar-refractivity contribution in [1.29, 1.82) is 0 Å². The Hall–Kier alpha value is -0.860. The zero-order valence-electron chi connectivity index (χ0n) is 7.38. The van der Waals surface area contributed by atoms with E-state index in [1.54, 1.807) is 25.1 Å². The minimum absolute atomic E-state index is 0.0227. The maximum absolute atomic E-state index is 11.3. The van der Waals surface area contributed by atoms with Gasteiger partial charge in [-0.2, -0.15) is 0 Å². The predicted molar refractivity (Wildman–Crippen MR) is 52.0 cm³/mol. The topological polar surface area (TPSA) is 37.3 Å². The molecule has 0 radical (unpaired) electrons. The van der Waals surface area contributed by atoms with E-state index in [-0.39, 0.29) is 12.4 Å². The van der Waals surface area contributed by atoms with Crippen molar-refractivity contribution in [3.8, 4) is 0 Å². The Bertz CT molecular complexity index is 321. The largest absolute Gasteiger partial charge is 0.392 e. The summed E-state index contributed by atoms with van der Waals surface area (Å²) in [4.78, 5) is 11.3. The lowest BCUT2D eigenvalue weighted by molar-refractivity contribution is 0.0988. The highest BCUT2D eigenvalue weighted by Crippen LogP contribution is 2.19. The first kappa shape index (κ1) is 10.2. The Labute approximate surface area is 82.2 Å². The summed E-state index contributed by atoms with van der Waals surface area (Å²) in [6, 6.07) is 4.97. The van der Waals surface area contributed by atoms with Gasteiger partial charge in [0, 0.05) is 12.0 Å². The monoisotopic (exact) mass is 198 g/mol. The minimum atomic E-state index is -0.0552. The quantitative estimate of drug-likeness (QED) is 0.758. The number of carbonyl (C=O) groups is 1. The van der Waals surface area contributed by atoms with Gasteiger partial charge in [0.15, 0.2) is 5.78 Å². The first-order valence-electron chi connectivity index (χ1n) is 4.11. The number of hydrogen-bond acceptors (Lipinski definition) is 2. The molecule has 0 unspecified atom stereocenters. The Morgan fingerprint density at radius 1 is 1.54 bits per heavy atom. The predicted octanol–water partition coefficient (Wildman–Crippen LogP) is 2.43. The molecule has 0 spiro atoms. The van der Waals surface area contributed by atoms with Gasteiger partial charge in [0.1, 0.15) is 0 Å². The van der Waals surface area contributed by atoms with Crippen LogP contribution in [-0.2, 0) is 6.61 Å². The molecule has 1 aromatic rings. The number of halogens is 1.